The first-order valence-electron chi connectivity index (χ1n) is 9.18. The van der Waals surface area contributed by atoms with Crippen LogP contribution in [0.25, 0.3) is 0 Å². The minimum absolute atomic E-state index is 0.262. The van der Waals surface area contributed by atoms with Crippen LogP contribution in [0.1, 0.15) is 43.2 Å². The summed E-state index contributed by atoms with van der Waals surface area (Å²) in [6.07, 6.45) is 10.1. The van der Waals surface area contributed by atoms with Crippen molar-refractivity contribution in [3.8, 4) is 5.75 Å². The van der Waals surface area contributed by atoms with Crippen molar-refractivity contribution < 1.29 is 9.90 Å². The largest absolute Gasteiger partial charge is 0.508 e. The summed E-state index contributed by atoms with van der Waals surface area (Å²) in [6.45, 7) is 0.875. The third-order valence-corrected chi connectivity index (χ3v) is 5.00. The molecule has 1 aromatic heterocycles. The molecule has 1 N–H and O–H groups in total. The number of amides is 1. The number of hydrogen-bond donors (Lipinski definition) is 1. The molecule has 1 amide bonds. The van der Waals surface area contributed by atoms with E-state index in [0.717, 1.165) is 49.8 Å². The molecule has 1 atom stereocenters. The zero-order valence-electron chi connectivity index (χ0n) is 14.6. The number of nitrogens with zero attached hydrogens (tertiary/aromatic N) is 2. The van der Waals surface area contributed by atoms with E-state index in [1.54, 1.807) is 18.5 Å². The van der Waals surface area contributed by atoms with Gasteiger partial charge in [0.2, 0.25) is 5.91 Å². The SMILES string of the molecule is O=C(CCc1ccncc1)N1CCCCC1CCc1cccc(O)c1. The number of rotatable bonds is 6. The average molecular weight is 338 g/mol. The number of phenols is 1. The van der Waals surface area contributed by atoms with Crippen molar-refractivity contribution >= 4 is 5.91 Å². The van der Waals surface area contributed by atoms with Crippen LogP contribution in [-0.4, -0.2) is 33.5 Å². The number of aromatic nitrogens is 1. The highest BCUT2D eigenvalue weighted by molar-refractivity contribution is 5.77. The summed E-state index contributed by atoms with van der Waals surface area (Å²) in [6, 6.07) is 11.7. The number of carbonyl (C=O) groups excluding carboxylic acids is 1. The molecule has 2 heterocycles. The Morgan fingerprint density at radius 3 is 2.76 bits per heavy atom. The quantitative estimate of drug-likeness (QED) is 0.873. The van der Waals surface area contributed by atoms with Crippen molar-refractivity contribution in [2.24, 2.45) is 0 Å². The van der Waals surface area contributed by atoms with Gasteiger partial charge in [0.05, 0.1) is 0 Å². The number of likely N-dealkylation sites (tertiary alicyclic amines) is 1. The molecule has 1 unspecified atom stereocenters. The first-order chi connectivity index (χ1) is 12.2. The van der Waals surface area contributed by atoms with Gasteiger partial charge in [-0.25, -0.2) is 0 Å². The van der Waals surface area contributed by atoms with E-state index in [1.165, 1.54) is 6.42 Å². The predicted molar refractivity (Wildman–Crippen MR) is 98.3 cm³/mol. The maximum Gasteiger partial charge on any atom is 0.223 e. The molecule has 0 saturated carbocycles. The Balaban J connectivity index is 1.55. The van der Waals surface area contributed by atoms with Crippen LogP contribution >= 0.6 is 0 Å². The number of piperidine rings is 1. The predicted octanol–water partition coefficient (Wildman–Crippen LogP) is 3.73. The van der Waals surface area contributed by atoms with Gasteiger partial charge in [0.15, 0.2) is 0 Å². The normalized spacial score (nSPS) is 17.4. The highest BCUT2D eigenvalue weighted by Crippen LogP contribution is 2.23. The van der Waals surface area contributed by atoms with Gasteiger partial charge in [-0.3, -0.25) is 9.78 Å². The van der Waals surface area contributed by atoms with Gasteiger partial charge < -0.3 is 10.0 Å². The standard InChI is InChI=1S/C21H26N2O2/c24-20-6-3-4-18(16-20)7-9-19-5-1-2-15-23(19)21(25)10-8-17-11-13-22-14-12-17/h3-4,6,11-14,16,19,24H,1-2,5,7-10,15H2. The van der Waals surface area contributed by atoms with Crippen molar-refractivity contribution in [3.63, 3.8) is 0 Å². The third kappa shape index (κ3) is 5.05. The molecule has 1 fully saturated rings. The highest BCUT2D eigenvalue weighted by atomic mass is 16.3. The second kappa shape index (κ2) is 8.65. The molecule has 132 valence electrons. The van der Waals surface area contributed by atoms with E-state index in [1.807, 2.05) is 30.3 Å². The molecule has 0 aliphatic carbocycles. The fourth-order valence-corrected chi connectivity index (χ4v) is 3.62. The number of carbonyl (C=O) groups is 1. The van der Waals surface area contributed by atoms with Crippen LogP contribution in [0.4, 0.5) is 0 Å². The summed E-state index contributed by atoms with van der Waals surface area (Å²) in [5.74, 6) is 0.573. The minimum atomic E-state index is 0.262. The van der Waals surface area contributed by atoms with Crippen LogP contribution in [0.15, 0.2) is 48.8 Å². The minimum Gasteiger partial charge on any atom is -0.508 e. The zero-order valence-corrected chi connectivity index (χ0v) is 14.6. The monoisotopic (exact) mass is 338 g/mol. The van der Waals surface area contributed by atoms with E-state index in [2.05, 4.69) is 9.88 Å². The Hall–Kier alpha value is -2.36. The summed E-state index contributed by atoms with van der Waals surface area (Å²) in [5.41, 5.74) is 2.30. The molecule has 0 spiro atoms. The van der Waals surface area contributed by atoms with E-state index in [-0.39, 0.29) is 5.91 Å². The van der Waals surface area contributed by atoms with E-state index < -0.39 is 0 Å². The molecule has 1 aromatic carbocycles. The van der Waals surface area contributed by atoms with Gasteiger partial charge in [0.25, 0.3) is 0 Å². The highest BCUT2D eigenvalue weighted by Gasteiger charge is 2.26. The lowest BCUT2D eigenvalue weighted by atomic mass is 9.95. The molecule has 0 radical (unpaired) electrons. The van der Waals surface area contributed by atoms with E-state index >= 15 is 0 Å². The molecule has 1 aliphatic heterocycles. The topological polar surface area (TPSA) is 53.4 Å². The Kier molecular flexibility index (Phi) is 6.04. The van der Waals surface area contributed by atoms with Gasteiger partial charge in [0.1, 0.15) is 5.75 Å². The van der Waals surface area contributed by atoms with Gasteiger partial charge in [-0.05, 0) is 73.9 Å². The Bertz CT molecular complexity index is 687. The molecule has 2 aromatic rings. The average Bonchev–Trinajstić information content (AvgIpc) is 2.65. The molecule has 1 saturated heterocycles. The van der Waals surface area contributed by atoms with Crippen molar-refractivity contribution in [3.05, 3.63) is 59.9 Å². The second-order valence-electron chi connectivity index (χ2n) is 6.80. The van der Waals surface area contributed by atoms with Crippen molar-refractivity contribution in [1.82, 2.24) is 9.88 Å². The summed E-state index contributed by atoms with van der Waals surface area (Å²) in [7, 11) is 0. The Morgan fingerprint density at radius 1 is 1.12 bits per heavy atom. The first-order valence-corrected chi connectivity index (χ1v) is 9.18. The van der Waals surface area contributed by atoms with Gasteiger partial charge in [0, 0.05) is 31.4 Å². The number of hydrogen-bond acceptors (Lipinski definition) is 3. The molecular weight excluding hydrogens is 312 g/mol. The van der Waals surface area contributed by atoms with Crippen molar-refractivity contribution in [1.29, 1.82) is 0 Å². The lowest BCUT2D eigenvalue weighted by molar-refractivity contribution is -0.135. The van der Waals surface area contributed by atoms with Crippen LogP contribution in [-0.2, 0) is 17.6 Å². The van der Waals surface area contributed by atoms with E-state index in [4.69, 9.17) is 0 Å². The van der Waals surface area contributed by atoms with Crippen LogP contribution < -0.4 is 0 Å². The summed E-state index contributed by atoms with van der Waals surface area (Å²) < 4.78 is 0. The Labute approximate surface area is 149 Å². The lowest BCUT2D eigenvalue weighted by Gasteiger charge is -2.36. The van der Waals surface area contributed by atoms with Crippen LogP contribution in [0.3, 0.4) is 0 Å². The van der Waals surface area contributed by atoms with Gasteiger partial charge >= 0.3 is 0 Å². The smallest absolute Gasteiger partial charge is 0.223 e. The first kappa shape index (κ1) is 17.5. The molecule has 4 heteroatoms. The van der Waals surface area contributed by atoms with E-state index in [0.29, 0.717) is 18.2 Å². The maximum atomic E-state index is 12.7. The molecule has 0 bridgehead atoms. The number of aryl methyl sites for hydroxylation is 2. The molecular formula is C21H26N2O2. The lowest BCUT2D eigenvalue weighted by Crippen LogP contribution is -2.44. The number of benzene rings is 1. The molecule has 1 aliphatic rings. The van der Waals surface area contributed by atoms with E-state index in [9.17, 15) is 9.90 Å². The fraction of sp³-hybridized carbons (Fsp3) is 0.429. The number of pyridine rings is 1. The van der Waals surface area contributed by atoms with Crippen LogP contribution in [0.5, 0.6) is 5.75 Å². The number of phenolic OH excluding ortho intramolecular Hbond substituents is 1. The number of aromatic hydroxyl groups is 1. The summed E-state index contributed by atoms with van der Waals surface area (Å²) in [4.78, 5) is 18.8. The fourth-order valence-electron chi connectivity index (χ4n) is 3.62. The third-order valence-electron chi connectivity index (χ3n) is 5.00. The molecule has 25 heavy (non-hydrogen) atoms. The summed E-state index contributed by atoms with van der Waals surface area (Å²) in [5, 5.41) is 9.60. The van der Waals surface area contributed by atoms with Crippen LogP contribution in [0.2, 0.25) is 0 Å². The molecule has 4 nitrogen and oxygen atoms in total. The second-order valence-corrected chi connectivity index (χ2v) is 6.80. The van der Waals surface area contributed by atoms with Crippen molar-refractivity contribution in [2.45, 2.75) is 51.0 Å². The van der Waals surface area contributed by atoms with Gasteiger partial charge in [-0.15, -0.1) is 0 Å². The molecule has 3 rings (SSSR count). The van der Waals surface area contributed by atoms with Gasteiger partial charge in [-0.1, -0.05) is 12.1 Å². The Morgan fingerprint density at radius 2 is 1.96 bits per heavy atom. The van der Waals surface area contributed by atoms with Crippen LogP contribution in [0, 0.1) is 0 Å². The maximum absolute atomic E-state index is 12.7. The zero-order chi connectivity index (χ0) is 17.5. The summed E-state index contributed by atoms with van der Waals surface area (Å²) >= 11 is 0. The van der Waals surface area contributed by atoms with Gasteiger partial charge in [-0.2, -0.15) is 0 Å². The van der Waals surface area contributed by atoms with Crippen molar-refractivity contribution in [2.75, 3.05) is 6.54 Å².